The van der Waals surface area contributed by atoms with Crippen LogP contribution < -0.4 is 0 Å². The summed E-state index contributed by atoms with van der Waals surface area (Å²) >= 11 is 0. The molecule has 0 amide bonds. The predicted octanol–water partition coefficient (Wildman–Crippen LogP) is 9.40. The molecule has 11 aromatic rings. The maximum absolute atomic E-state index is 5.21. The molecule has 0 radical (unpaired) electrons. The van der Waals surface area contributed by atoms with Crippen LogP contribution in [0.5, 0.6) is 0 Å². The van der Waals surface area contributed by atoms with E-state index in [1.807, 2.05) is 24.3 Å². The molecule has 222 valence electrons. The van der Waals surface area contributed by atoms with E-state index in [9.17, 15) is 0 Å². The highest BCUT2D eigenvalue weighted by Crippen LogP contribution is 2.47. The third-order valence-corrected chi connectivity index (χ3v) is 9.63. The number of pyridine rings is 2. The molecule has 0 aliphatic rings. The molecule has 0 fully saturated rings. The molecular weight excluding hydrogens is 591 g/mol. The fourth-order valence-corrected chi connectivity index (χ4v) is 7.67. The minimum absolute atomic E-state index is 0.543. The Bertz CT molecular complexity index is 2990. The minimum atomic E-state index is 0.543. The lowest BCUT2D eigenvalue weighted by molar-refractivity contribution is 0.955. The molecule has 7 nitrogen and oxygen atoms in total. The van der Waals surface area contributed by atoms with E-state index in [0.717, 1.165) is 49.2 Å². The van der Waals surface area contributed by atoms with E-state index in [2.05, 4.69) is 110 Å². The standard InChI is InChI=1S/C41H23N7/c1-4-14-29-24(9-1)17-18-31-35(29)48(41-45-39(26-11-7-19-42-22-26)44-40(46-41)27-12-8-20-43-23-27)38-32-21-25-10-2-3-13-28(25)34-30-15-5-6-16-33(30)47(36(32)34)37(31)38/h1-23H. The van der Waals surface area contributed by atoms with Gasteiger partial charge in [0, 0.05) is 62.8 Å². The molecule has 6 aromatic heterocycles. The normalized spacial score (nSPS) is 12.2. The summed E-state index contributed by atoms with van der Waals surface area (Å²) in [6.45, 7) is 0. The Balaban J connectivity index is 1.40. The third-order valence-electron chi connectivity index (χ3n) is 9.63. The van der Waals surface area contributed by atoms with E-state index in [1.165, 1.54) is 32.6 Å². The number of aromatic nitrogens is 7. The van der Waals surface area contributed by atoms with Crippen molar-refractivity contribution in [3.8, 4) is 28.7 Å². The summed E-state index contributed by atoms with van der Waals surface area (Å²) in [6, 6.07) is 40.6. The predicted molar refractivity (Wildman–Crippen MR) is 193 cm³/mol. The highest BCUT2D eigenvalue weighted by atomic mass is 15.2. The second-order valence-corrected chi connectivity index (χ2v) is 12.2. The fraction of sp³-hybridized carbons (Fsp3) is 0. The van der Waals surface area contributed by atoms with Crippen molar-refractivity contribution in [3.63, 3.8) is 0 Å². The van der Waals surface area contributed by atoms with Gasteiger partial charge in [0.2, 0.25) is 5.95 Å². The van der Waals surface area contributed by atoms with Crippen LogP contribution in [0.25, 0.3) is 99.4 Å². The van der Waals surface area contributed by atoms with E-state index >= 15 is 0 Å². The molecule has 48 heavy (non-hydrogen) atoms. The van der Waals surface area contributed by atoms with Gasteiger partial charge in [-0.25, -0.2) is 4.98 Å². The Labute approximate surface area is 272 Å². The van der Waals surface area contributed by atoms with E-state index < -0.39 is 0 Å². The van der Waals surface area contributed by atoms with Crippen LogP contribution in [-0.4, -0.2) is 33.9 Å². The van der Waals surface area contributed by atoms with Crippen LogP contribution >= 0.6 is 0 Å². The highest BCUT2D eigenvalue weighted by Gasteiger charge is 2.27. The van der Waals surface area contributed by atoms with Crippen LogP contribution in [-0.2, 0) is 0 Å². The lowest BCUT2D eigenvalue weighted by atomic mass is 10.0. The van der Waals surface area contributed by atoms with Crippen molar-refractivity contribution in [3.05, 3.63) is 140 Å². The van der Waals surface area contributed by atoms with Gasteiger partial charge < -0.3 is 4.40 Å². The summed E-state index contributed by atoms with van der Waals surface area (Å²) in [5.74, 6) is 1.64. The van der Waals surface area contributed by atoms with Crippen molar-refractivity contribution in [2.24, 2.45) is 0 Å². The Morgan fingerprint density at radius 1 is 0.438 bits per heavy atom. The molecule has 0 aliphatic carbocycles. The van der Waals surface area contributed by atoms with Crippen molar-refractivity contribution in [1.82, 2.24) is 33.9 Å². The van der Waals surface area contributed by atoms with Crippen molar-refractivity contribution >= 4 is 70.7 Å². The number of fused-ring (bicyclic) bond motifs is 12. The van der Waals surface area contributed by atoms with Crippen LogP contribution in [0.2, 0.25) is 0 Å². The fourth-order valence-electron chi connectivity index (χ4n) is 7.67. The molecule has 6 heterocycles. The molecule has 5 aromatic carbocycles. The van der Waals surface area contributed by atoms with Crippen molar-refractivity contribution in [2.45, 2.75) is 0 Å². The van der Waals surface area contributed by atoms with E-state index in [0.29, 0.717) is 17.6 Å². The molecule has 0 aliphatic heterocycles. The van der Waals surface area contributed by atoms with Crippen LogP contribution in [0.3, 0.4) is 0 Å². The molecule has 11 rings (SSSR count). The van der Waals surface area contributed by atoms with Gasteiger partial charge in [-0.3, -0.25) is 14.5 Å². The second-order valence-electron chi connectivity index (χ2n) is 12.2. The largest absolute Gasteiger partial charge is 0.306 e. The number of para-hydroxylation sites is 1. The Hall–Kier alpha value is -6.73. The molecular formula is C41H23N7. The van der Waals surface area contributed by atoms with Gasteiger partial charge in [0.15, 0.2) is 11.6 Å². The maximum Gasteiger partial charge on any atom is 0.238 e. The summed E-state index contributed by atoms with van der Waals surface area (Å²) < 4.78 is 4.72. The summed E-state index contributed by atoms with van der Waals surface area (Å²) in [5.41, 5.74) is 7.28. The smallest absolute Gasteiger partial charge is 0.238 e. The number of hydrogen-bond donors (Lipinski definition) is 0. The summed E-state index contributed by atoms with van der Waals surface area (Å²) in [4.78, 5) is 24.1. The Morgan fingerprint density at radius 3 is 1.83 bits per heavy atom. The lowest BCUT2D eigenvalue weighted by Crippen LogP contribution is -2.06. The van der Waals surface area contributed by atoms with Crippen LogP contribution in [0.1, 0.15) is 0 Å². The van der Waals surface area contributed by atoms with Gasteiger partial charge in [0.1, 0.15) is 0 Å². The van der Waals surface area contributed by atoms with Gasteiger partial charge >= 0.3 is 0 Å². The quantitative estimate of drug-likeness (QED) is 0.199. The monoisotopic (exact) mass is 613 g/mol. The molecule has 0 atom stereocenters. The number of nitrogens with zero attached hydrogens (tertiary/aromatic N) is 7. The van der Waals surface area contributed by atoms with Gasteiger partial charge in [-0.2, -0.15) is 9.97 Å². The van der Waals surface area contributed by atoms with Crippen molar-refractivity contribution in [1.29, 1.82) is 0 Å². The Morgan fingerprint density at radius 2 is 1.10 bits per heavy atom. The van der Waals surface area contributed by atoms with Gasteiger partial charge in [-0.1, -0.05) is 78.9 Å². The minimum Gasteiger partial charge on any atom is -0.306 e. The lowest BCUT2D eigenvalue weighted by Gasteiger charge is -2.12. The SMILES string of the molecule is c1cncc(-c2nc(-c3cccnc3)nc(-n3c4c5ccccc5ccc4c4c3c3cc5ccccc5c5c6ccccc6n4c35)n2)c1. The molecule has 0 saturated carbocycles. The van der Waals surface area contributed by atoms with E-state index in [1.54, 1.807) is 24.8 Å². The van der Waals surface area contributed by atoms with Crippen molar-refractivity contribution in [2.75, 3.05) is 0 Å². The summed E-state index contributed by atoms with van der Waals surface area (Å²) in [6.07, 6.45) is 7.11. The van der Waals surface area contributed by atoms with Gasteiger partial charge in [0.05, 0.1) is 27.6 Å². The average Bonchev–Trinajstić information content (AvgIpc) is 3.80. The second kappa shape index (κ2) is 9.40. The number of benzene rings is 5. The summed E-state index contributed by atoms with van der Waals surface area (Å²) in [5, 5.41) is 9.52. The first kappa shape index (κ1) is 25.5. The van der Waals surface area contributed by atoms with Gasteiger partial charge in [-0.15, -0.1) is 0 Å². The first-order valence-electron chi connectivity index (χ1n) is 15.9. The van der Waals surface area contributed by atoms with Crippen LogP contribution in [0.15, 0.2) is 140 Å². The molecule has 0 N–H and O–H groups in total. The Kier molecular flexibility index (Phi) is 4.99. The molecule has 0 spiro atoms. The number of rotatable bonds is 3. The van der Waals surface area contributed by atoms with E-state index in [4.69, 9.17) is 15.0 Å². The first-order valence-corrected chi connectivity index (χ1v) is 15.9. The van der Waals surface area contributed by atoms with Crippen LogP contribution in [0.4, 0.5) is 0 Å². The van der Waals surface area contributed by atoms with Crippen molar-refractivity contribution < 1.29 is 0 Å². The van der Waals surface area contributed by atoms with Gasteiger partial charge in [0.25, 0.3) is 0 Å². The highest BCUT2D eigenvalue weighted by molar-refractivity contribution is 6.34. The molecule has 0 saturated heterocycles. The van der Waals surface area contributed by atoms with Crippen LogP contribution in [0, 0.1) is 0 Å². The third kappa shape index (κ3) is 3.34. The molecule has 0 bridgehead atoms. The first-order chi connectivity index (χ1) is 23.8. The summed E-state index contributed by atoms with van der Waals surface area (Å²) in [7, 11) is 0. The molecule has 0 unspecified atom stereocenters. The zero-order valence-electron chi connectivity index (χ0n) is 25.4. The average molecular weight is 614 g/mol. The molecule has 7 heteroatoms. The van der Waals surface area contributed by atoms with E-state index in [-0.39, 0.29) is 0 Å². The van der Waals surface area contributed by atoms with Gasteiger partial charge in [-0.05, 0) is 52.6 Å². The maximum atomic E-state index is 5.21. The zero-order chi connectivity index (χ0) is 31.3. The number of hydrogen-bond acceptors (Lipinski definition) is 5. The topological polar surface area (TPSA) is 73.8 Å². The zero-order valence-corrected chi connectivity index (χ0v) is 25.4.